The predicted octanol–water partition coefficient (Wildman–Crippen LogP) is 3.01. The second kappa shape index (κ2) is 7.54. The van der Waals surface area contributed by atoms with Crippen molar-refractivity contribution in [2.75, 3.05) is 6.54 Å². The van der Waals surface area contributed by atoms with E-state index in [1.807, 2.05) is 32.0 Å². The van der Waals surface area contributed by atoms with Crippen molar-refractivity contribution in [1.29, 1.82) is 0 Å². The number of carbonyl (C=O) groups is 1. The predicted molar refractivity (Wildman–Crippen MR) is 78.5 cm³/mol. The zero-order chi connectivity index (χ0) is 13.5. The molecule has 0 spiro atoms. The standard InChI is InChI=1S/C14H21BrN2O/c1-4-9-16-14(18)11(3)17-10(2)12-7-5-6-8-13(12)15/h5-8,10-11,17H,4,9H2,1-3H3,(H,16,18)/t10-,11?/m0/s1. The highest BCUT2D eigenvalue weighted by molar-refractivity contribution is 9.10. The van der Waals surface area contributed by atoms with Gasteiger partial charge in [-0.25, -0.2) is 0 Å². The molecule has 0 bridgehead atoms. The van der Waals surface area contributed by atoms with Gasteiger partial charge in [0.2, 0.25) is 5.91 Å². The van der Waals surface area contributed by atoms with Crippen LogP contribution >= 0.6 is 15.9 Å². The Labute approximate surface area is 117 Å². The topological polar surface area (TPSA) is 41.1 Å². The molecule has 0 aliphatic carbocycles. The number of hydrogen-bond donors (Lipinski definition) is 2. The van der Waals surface area contributed by atoms with Crippen molar-refractivity contribution >= 4 is 21.8 Å². The Kier molecular flexibility index (Phi) is 6.36. The summed E-state index contributed by atoms with van der Waals surface area (Å²) < 4.78 is 1.06. The molecule has 1 amide bonds. The monoisotopic (exact) mass is 312 g/mol. The minimum absolute atomic E-state index is 0.0516. The summed E-state index contributed by atoms with van der Waals surface area (Å²) in [6.07, 6.45) is 0.957. The molecule has 0 aliphatic heterocycles. The van der Waals surface area contributed by atoms with Crippen molar-refractivity contribution in [3.05, 3.63) is 34.3 Å². The minimum atomic E-state index is -0.196. The fourth-order valence-electron chi connectivity index (χ4n) is 1.77. The summed E-state index contributed by atoms with van der Waals surface area (Å²) in [7, 11) is 0. The first kappa shape index (κ1) is 15.2. The number of halogens is 1. The molecular formula is C14H21BrN2O. The summed E-state index contributed by atoms with van der Waals surface area (Å²) in [5.74, 6) is 0.0516. The van der Waals surface area contributed by atoms with Crippen LogP contribution < -0.4 is 10.6 Å². The Morgan fingerprint density at radius 3 is 2.61 bits per heavy atom. The number of benzene rings is 1. The van der Waals surface area contributed by atoms with Gasteiger partial charge in [0.25, 0.3) is 0 Å². The Morgan fingerprint density at radius 2 is 2.00 bits per heavy atom. The summed E-state index contributed by atoms with van der Waals surface area (Å²) >= 11 is 3.53. The van der Waals surface area contributed by atoms with Crippen molar-refractivity contribution in [1.82, 2.24) is 10.6 Å². The molecule has 0 heterocycles. The first-order chi connectivity index (χ1) is 8.56. The van der Waals surface area contributed by atoms with Crippen LogP contribution in [0.15, 0.2) is 28.7 Å². The largest absolute Gasteiger partial charge is 0.355 e. The van der Waals surface area contributed by atoms with E-state index in [2.05, 4.69) is 39.6 Å². The van der Waals surface area contributed by atoms with Crippen LogP contribution in [-0.2, 0) is 4.79 Å². The highest BCUT2D eigenvalue weighted by Crippen LogP contribution is 2.22. The fraction of sp³-hybridized carbons (Fsp3) is 0.500. The van der Waals surface area contributed by atoms with Gasteiger partial charge in [-0.3, -0.25) is 10.1 Å². The highest BCUT2D eigenvalue weighted by atomic mass is 79.9. The minimum Gasteiger partial charge on any atom is -0.355 e. The van der Waals surface area contributed by atoms with E-state index >= 15 is 0 Å². The molecule has 0 fully saturated rings. The van der Waals surface area contributed by atoms with Crippen LogP contribution in [0.3, 0.4) is 0 Å². The van der Waals surface area contributed by atoms with Gasteiger partial charge in [0, 0.05) is 17.1 Å². The van der Waals surface area contributed by atoms with Crippen LogP contribution in [-0.4, -0.2) is 18.5 Å². The third-order valence-corrected chi connectivity index (χ3v) is 3.54. The lowest BCUT2D eigenvalue weighted by molar-refractivity contribution is -0.122. The molecule has 1 aromatic rings. The molecule has 2 atom stereocenters. The zero-order valence-electron chi connectivity index (χ0n) is 11.2. The van der Waals surface area contributed by atoms with E-state index in [4.69, 9.17) is 0 Å². The van der Waals surface area contributed by atoms with Gasteiger partial charge in [-0.1, -0.05) is 41.1 Å². The van der Waals surface area contributed by atoms with E-state index in [1.165, 1.54) is 0 Å². The molecule has 18 heavy (non-hydrogen) atoms. The lowest BCUT2D eigenvalue weighted by atomic mass is 10.1. The van der Waals surface area contributed by atoms with E-state index in [-0.39, 0.29) is 18.0 Å². The van der Waals surface area contributed by atoms with Gasteiger partial charge in [0.05, 0.1) is 6.04 Å². The maximum atomic E-state index is 11.8. The molecule has 1 rings (SSSR count). The van der Waals surface area contributed by atoms with Crippen molar-refractivity contribution in [2.45, 2.75) is 39.3 Å². The first-order valence-electron chi connectivity index (χ1n) is 6.34. The van der Waals surface area contributed by atoms with Crippen molar-refractivity contribution in [3.8, 4) is 0 Å². The molecular weight excluding hydrogens is 292 g/mol. The highest BCUT2D eigenvalue weighted by Gasteiger charge is 2.16. The lowest BCUT2D eigenvalue weighted by Crippen LogP contribution is -2.43. The maximum absolute atomic E-state index is 11.8. The Balaban J connectivity index is 2.57. The fourth-order valence-corrected chi connectivity index (χ4v) is 2.40. The van der Waals surface area contributed by atoms with Crippen molar-refractivity contribution in [2.24, 2.45) is 0 Å². The van der Waals surface area contributed by atoms with Gasteiger partial charge >= 0.3 is 0 Å². The molecule has 0 saturated heterocycles. The SMILES string of the molecule is CCCNC(=O)C(C)N[C@@H](C)c1ccccc1Br. The van der Waals surface area contributed by atoms with Crippen LogP contribution in [0.1, 0.15) is 38.8 Å². The second-order valence-corrected chi connectivity index (χ2v) is 5.28. The van der Waals surface area contributed by atoms with E-state index in [0.717, 1.165) is 23.0 Å². The Hall–Kier alpha value is -0.870. The number of rotatable bonds is 6. The second-order valence-electron chi connectivity index (χ2n) is 4.42. The Morgan fingerprint density at radius 1 is 1.33 bits per heavy atom. The summed E-state index contributed by atoms with van der Waals surface area (Å²) in [5, 5.41) is 6.19. The number of carbonyl (C=O) groups excluding carboxylic acids is 1. The van der Waals surface area contributed by atoms with Crippen LogP contribution in [0.4, 0.5) is 0 Å². The van der Waals surface area contributed by atoms with Crippen LogP contribution in [0.2, 0.25) is 0 Å². The van der Waals surface area contributed by atoms with E-state index in [9.17, 15) is 4.79 Å². The van der Waals surface area contributed by atoms with Gasteiger partial charge in [-0.15, -0.1) is 0 Å². The average Bonchev–Trinajstić information content (AvgIpc) is 2.36. The van der Waals surface area contributed by atoms with E-state index < -0.39 is 0 Å². The van der Waals surface area contributed by atoms with Crippen LogP contribution in [0.25, 0.3) is 0 Å². The smallest absolute Gasteiger partial charge is 0.236 e. The number of nitrogens with one attached hydrogen (secondary N) is 2. The number of hydrogen-bond acceptors (Lipinski definition) is 2. The Bertz CT molecular complexity index is 395. The first-order valence-corrected chi connectivity index (χ1v) is 7.13. The average molecular weight is 313 g/mol. The summed E-state index contributed by atoms with van der Waals surface area (Å²) in [4.78, 5) is 11.8. The van der Waals surface area contributed by atoms with Gasteiger partial charge in [-0.2, -0.15) is 0 Å². The molecule has 0 saturated carbocycles. The molecule has 3 nitrogen and oxygen atoms in total. The van der Waals surface area contributed by atoms with Gasteiger partial charge in [0.1, 0.15) is 0 Å². The maximum Gasteiger partial charge on any atom is 0.236 e. The molecule has 1 aromatic carbocycles. The molecule has 0 radical (unpaired) electrons. The molecule has 4 heteroatoms. The molecule has 0 aliphatic rings. The molecule has 100 valence electrons. The summed E-state index contributed by atoms with van der Waals surface area (Å²) in [6.45, 7) is 6.72. The lowest BCUT2D eigenvalue weighted by Gasteiger charge is -2.20. The van der Waals surface area contributed by atoms with Crippen molar-refractivity contribution < 1.29 is 4.79 Å². The van der Waals surface area contributed by atoms with Crippen LogP contribution in [0.5, 0.6) is 0 Å². The summed E-state index contributed by atoms with van der Waals surface area (Å²) in [5.41, 5.74) is 1.16. The molecule has 2 N–H and O–H groups in total. The van der Waals surface area contributed by atoms with E-state index in [1.54, 1.807) is 0 Å². The summed E-state index contributed by atoms with van der Waals surface area (Å²) in [6, 6.07) is 7.98. The third kappa shape index (κ3) is 4.42. The quantitative estimate of drug-likeness (QED) is 0.847. The molecule has 0 aromatic heterocycles. The third-order valence-electron chi connectivity index (χ3n) is 2.81. The van der Waals surface area contributed by atoms with Crippen LogP contribution in [0, 0.1) is 0 Å². The zero-order valence-corrected chi connectivity index (χ0v) is 12.8. The van der Waals surface area contributed by atoms with Gasteiger partial charge < -0.3 is 5.32 Å². The van der Waals surface area contributed by atoms with Crippen molar-refractivity contribution in [3.63, 3.8) is 0 Å². The normalized spacial score (nSPS) is 14.0. The van der Waals surface area contributed by atoms with E-state index in [0.29, 0.717) is 0 Å². The van der Waals surface area contributed by atoms with Gasteiger partial charge in [-0.05, 0) is 31.9 Å². The number of amides is 1. The van der Waals surface area contributed by atoms with Gasteiger partial charge in [0.15, 0.2) is 0 Å². The molecule has 1 unspecified atom stereocenters.